The Hall–Kier alpha value is -3.79. The third-order valence-corrected chi connectivity index (χ3v) is 7.71. The lowest BCUT2D eigenvalue weighted by Crippen LogP contribution is -2.50. The number of carboxylic acid groups (broad SMARTS) is 1. The summed E-state index contributed by atoms with van der Waals surface area (Å²) in [5.74, 6) is -5.19. The molecule has 2 aromatic rings. The lowest BCUT2D eigenvalue weighted by molar-refractivity contribution is -0.274. The van der Waals surface area contributed by atoms with Crippen molar-refractivity contribution in [2.75, 3.05) is 26.2 Å². The predicted octanol–water partition coefficient (Wildman–Crippen LogP) is 3.33. The van der Waals surface area contributed by atoms with E-state index in [0.29, 0.717) is 13.0 Å². The van der Waals surface area contributed by atoms with Crippen LogP contribution in [0.1, 0.15) is 30.9 Å². The maximum Gasteiger partial charge on any atom is 0.573 e. The second-order valence-electron chi connectivity index (χ2n) is 8.63. The van der Waals surface area contributed by atoms with Crippen LogP contribution in [-0.4, -0.2) is 73.6 Å². The van der Waals surface area contributed by atoms with Gasteiger partial charge in [-0.2, -0.15) is 4.31 Å². The number of hydrogen-bond acceptors (Lipinski definition) is 6. The van der Waals surface area contributed by atoms with Gasteiger partial charge >= 0.3 is 12.3 Å². The van der Waals surface area contributed by atoms with E-state index in [0.717, 1.165) is 34.1 Å². The Balaban J connectivity index is 0.000000333. The third-order valence-electron chi connectivity index (χ3n) is 5.80. The van der Waals surface area contributed by atoms with Crippen LogP contribution in [0.2, 0.25) is 0 Å². The van der Waals surface area contributed by atoms with Gasteiger partial charge in [0.1, 0.15) is 12.2 Å². The Bertz CT molecular complexity index is 1280. The highest BCUT2D eigenvalue weighted by molar-refractivity contribution is 7.89. The molecule has 1 fully saturated rings. The highest BCUT2D eigenvalue weighted by atomic mass is 32.2. The van der Waals surface area contributed by atoms with Crippen molar-refractivity contribution in [3.63, 3.8) is 0 Å². The minimum absolute atomic E-state index is 0.0138. The maximum absolute atomic E-state index is 13.2. The van der Waals surface area contributed by atoms with Gasteiger partial charge in [0.15, 0.2) is 0 Å². The molecule has 0 saturated carbocycles. The molecule has 2 aromatic carbocycles. The van der Waals surface area contributed by atoms with Gasteiger partial charge in [-0.1, -0.05) is 31.2 Å². The van der Waals surface area contributed by atoms with Gasteiger partial charge in [0, 0.05) is 44.7 Å². The number of rotatable bonds is 10. The molecule has 1 aliphatic rings. The molecule has 41 heavy (non-hydrogen) atoms. The number of ether oxygens (including phenoxy) is 1. The Morgan fingerprint density at radius 2 is 1.54 bits per heavy atom. The summed E-state index contributed by atoms with van der Waals surface area (Å²) >= 11 is 0. The monoisotopic (exact) mass is 609 g/mol. The van der Waals surface area contributed by atoms with Crippen molar-refractivity contribution < 1.29 is 54.6 Å². The Labute approximate surface area is 232 Å². The van der Waals surface area contributed by atoms with E-state index < -0.39 is 46.4 Å². The molecule has 1 aliphatic heterocycles. The number of alkyl halides is 5. The van der Waals surface area contributed by atoms with Crippen LogP contribution in [0.3, 0.4) is 0 Å². The molecule has 0 unspecified atom stereocenters. The van der Waals surface area contributed by atoms with Crippen LogP contribution in [0.25, 0.3) is 0 Å². The predicted molar refractivity (Wildman–Crippen MR) is 134 cm³/mol. The molecule has 1 heterocycles. The van der Waals surface area contributed by atoms with Crippen molar-refractivity contribution in [1.82, 2.24) is 14.5 Å². The van der Waals surface area contributed by atoms with E-state index in [4.69, 9.17) is 5.11 Å². The first-order valence-electron chi connectivity index (χ1n) is 12.1. The van der Waals surface area contributed by atoms with Crippen molar-refractivity contribution in [1.29, 1.82) is 0 Å². The zero-order valence-corrected chi connectivity index (χ0v) is 22.6. The van der Waals surface area contributed by atoms with E-state index in [1.807, 2.05) is 0 Å². The Kier molecular flexibility index (Phi) is 11.6. The zero-order valence-electron chi connectivity index (χ0n) is 21.7. The molecule has 0 aromatic heterocycles. The molecule has 226 valence electrons. The molecular formula is C25H28F5N3O7S. The van der Waals surface area contributed by atoms with Gasteiger partial charge in [-0.15, -0.1) is 13.2 Å². The number of carboxylic acids is 1. The zero-order chi connectivity index (χ0) is 30.8. The van der Waals surface area contributed by atoms with Gasteiger partial charge in [-0.3, -0.25) is 14.4 Å². The summed E-state index contributed by atoms with van der Waals surface area (Å²) in [5.41, 5.74) is 0.817. The first-order chi connectivity index (χ1) is 19.1. The summed E-state index contributed by atoms with van der Waals surface area (Å²) < 4.78 is 92.6. The topological polar surface area (TPSA) is 133 Å². The Morgan fingerprint density at radius 1 is 0.976 bits per heavy atom. The number of halogens is 5. The van der Waals surface area contributed by atoms with Crippen LogP contribution in [-0.2, 0) is 36.9 Å². The summed E-state index contributed by atoms with van der Waals surface area (Å²) in [7, 11) is -3.95. The van der Waals surface area contributed by atoms with Crippen LogP contribution < -0.4 is 10.1 Å². The molecule has 0 atom stereocenters. The van der Waals surface area contributed by atoms with Crippen LogP contribution in [0.15, 0.2) is 53.4 Å². The minimum atomic E-state index is -4.88. The van der Waals surface area contributed by atoms with E-state index in [2.05, 4.69) is 10.1 Å². The fourth-order valence-corrected chi connectivity index (χ4v) is 5.03. The molecule has 0 bridgehead atoms. The number of aliphatic carboxylic acids is 1. The maximum atomic E-state index is 13.2. The summed E-state index contributed by atoms with van der Waals surface area (Å²) in [6.45, 7) is 1.77. The van der Waals surface area contributed by atoms with Crippen LogP contribution in [0, 0.1) is 0 Å². The number of carbonyl (C=O) groups is 3. The second-order valence-corrected chi connectivity index (χ2v) is 10.6. The first kappa shape index (κ1) is 33.4. The summed E-state index contributed by atoms with van der Waals surface area (Å²) in [5, 5.41) is 11.1. The minimum Gasteiger partial charge on any atom is -0.481 e. The van der Waals surface area contributed by atoms with Crippen molar-refractivity contribution in [3.8, 4) is 5.75 Å². The van der Waals surface area contributed by atoms with Gasteiger partial charge in [-0.25, -0.2) is 17.2 Å². The van der Waals surface area contributed by atoms with Gasteiger partial charge in [0.2, 0.25) is 22.3 Å². The average Bonchev–Trinajstić information content (AvgIpc) is 2.91. The Morgan fingerprint density at radius 3 is 2.00 bits per heavy atom. The fraction of sp³-hybridized carbons (Fsp3) is 0.400. The largest absolute Gasteiger partial charge is 0.573 e. The van der Waals surface area contributed by atoms with Crippen molar-refractivity contribution in [3.05, 3.63) is 59.7 Å². The summed E-state index contributed by atoms with van der Waals surface area (Å²) in [6, 6.07) is 9.76. The van der Waals surface area contributed by atoms with Crippen LogP contribution in [0.5, 0.6) is 5.75 Å². The van der Waals surface area contributed by atoms with Crippen LogP contribution >= 0.6 is 0 Å². The lowest BCUT2D eigenvalue weighted by Gasteiger charge is -2.33. The SMILES string of the molecule is CCC(F)(F)c1ccc(CNC=O)cc1.O=C(O)CC(=O)N1CCN(S(=O)(=O)c2ccc(OC(F)(F)F)cc2)CC1. The normalized spacial score (nSPS) is 14.4. The number of benzene rings is 2. The molecule has 2 amide bonds. The molecule has 0 spiro atoms. The van der Waals surface area contributed by atoms with Crippen LogP contribution in [0.4, 0.5) is 22.0 Å². The second kappa shape index (κ2) is 14.2. The third kappa shape index (κ3) is 10.3. The number of amides is 2. The number of nitrogens with one attached hydrogen (secondary N) is 1. The number of piperazine rings is 1. The average molecular weight is 610 g/mol. The van der Waals surface area contributed by atoms with Gasteiger partial charge in [-0.05, 0) is 29.8 Å². The number of carbonyl (C=O) groups excluding carboxylic acids is 2. The quantitative estimate of drug-likeness (QED) is 0.240. The number of nitrogens with zero attached hydrogens (tertiary/aromatic N) is 2. The van der Waals surface area contributed by atoms with E-state index in [1.165, 1.54) is 24.0 Å². The molecule has 10 nitrogen and oxygen atoms in total. The summed E-state index contributed by atoms with van der Waals surface area (Å²) in [6.07, 6.45) is -5.18. The molecule has 2 N–H and O–H groups in total. The molecular weight excluding hydrogens is 581 g/mol. The fourth-order valence-electron chi connectivity index (χ4n) is 3.61. The smallest absolute Gasteiger partial charge is 0.481 e. The highest BCUT2D eigenvalue weighted by Gasteiger charge is 2.33. The van der Waals surface area contributed by atoms with Crippen molar-refractivity contribution in [2.24, 2.45) is 0 Å². The van der Waals surface area contributed by atoms with Gasteiger partial charge < -0.3 is 20.1 Å². The number of sulfonamides is 1. The molecule has 0 aliphatic carbocycles. The van der Waals surface area contributed by atoms with Gasteiger partial charge in [0.25, 0.3) is 5.92 Å². The molecule has 0 radical (unpaired) electrons. The lowest BCUT2D eigenvalue weighted by atomic mass is 10.0. The van der Waals surface area contributed by atoms with Crippen molar-refractivity contribution >= 4 is 28.3 Å². The van der Waals surface area contributed by atoms with E-state index in [-0.39, 0.29) is 43.1 Å². The summed E-state index contributed by atoms with van der Waals surface area (Å²) in [4.78, 5) is 33.3. The van der Waals surface area contributed by atoms with E-state index in [1.54, 1.807) is 12.1 Å². The van der Waals surface area contributed by atoms with E-state index >= 15 is 0 Å². The molecule has 16 heteroatoms. The first-order valence-corrected chi connectivity index (χ1v) is 13.5. The number of hydrogen-bond donors (Lipinski definition) is 2. The van der Waals surface area contributed by atoms with Gasteiger partial charge in [0.05, 0.1) is 4.90 Å². The highest BCUT2D eigenvalue weighted by Crippen LogP contribution is 2.31. The van der Waals surface area contributed by atoms with Crippen molar-refractivity contribution in [2.45, 2.75) is 43.5 Å². The molecule has 1 saturated heterocycles. The van der Waals surface area contributed by atoms with E-state index in [9.17, 15) is 44.8 Å². The standard InChI is InChI=1S/C14H15F3N2O6S.C11H13F2NO/c15-14(16,17)25-10-1-3-11(4-2-10)26(23,24)19-7-5-18(6-8-19)12(20)9-13(21)22;1-2-11(12,13)10-5-3-9(4-6-10)7-14-8-15/h1-4H,5-9H2,(H,21,22);3-6,8H,2,7H2,1H3,(H,14,15). The molecule has 3 rings (SSSR count).